The van der Waals surface area contributed by atoms with E-state index >= 15 is 0 Å². The molecule has 0 aliphatic rings. The summed E-state index contributed by atoms with van der Waals surface area (Å²) < 4.78 is 13.2. The van der Waals surface area contributed by atoms with Gasteiger partial charge in [0.1, 0.15) is 0 Å². The minimum absolute atomic E-state index is 0.229. The Kier molecular flexibility index (Phi) is 3.76. The van der Waals surface area contributed by atoms with E-state index in [-0.39, 0.29) is 5.56 Å². The number of carboxylic acids is 1. The third-order valence-electron chi connectivity index (χ3n) is 2.75. The maximum Gasteiger partial charge on any atom is 0.337 e. The summed E-state index contributed by atoms with van der Waals surface area (Å²) in [5, 5.41) is 9.15. The number of aryl methyl sites for hydroxylation is 1. The zero-order chi connectivity index (χ0) is 13.1. The number of imidazole rings is 1. The Bertz CT molecular complexity index is 606. The fourth-order valence-corrected chi connectivity index (χ4v) is 2.50. The summed E-state index contributed by atoms with van der Waals surface area (Å²) in [7, 11) is -0.868. The van der Waals surface area contributed by atoms with Gasteiger partial charge in [0.2, 0.25) is 0 Å². The van der Waals surface area contributed by atoms with Crippen molar-refractivity contribution in [3.05, 3.63) is 30.1 Å². The van der Waals surface area contributed by atoms with Crippen LogP contribution in [0.2, 0.25) is 0 Å². The molecule has 5 nitrogen and oxygen atoms in total. The molecule has 1 heterocycles. The van der Waals surface area contributed by atoms with Gasteiger partial charge in [-0.25, -0.2) is 9.78 Å². The molecular formula is C12H14N2O3S. The highest BCUT2D eigenvalue weighted by atomic mass is 32.2. The van der Waals surface area contributed by atoms with Gasteiger partial charge in [-0.2, -0.15) is 0 Å². The Hall–Kier alpha value is -1.69. The average Bonchev–Trinajstić information content (AvgIpc) is 2.78. The highest BCUT2D eigenvalue weighted by Gasteiger charge is 2.13. The zero-order valence-electron chi connectivity index (χ0n) is 10.00. The lowest BCUT2D eigenvalue weighted by Gasteiger charge is -2.05. The topological polar surface area (TPSA) is 72.2 Å². The first-order valence-corrected chi connectivity index (χ1v) is 7.14. The van der Waals surface area contributed by atoms with Crippen molar-refractivity contribution < 1.29 is 14.1 Å². The van der Waals surface area contributed by atoms with Crippen LogP contribution in [0.5, 0.6) is 0 Å². The van der Waals surface area contributed by atoms with Gasteiger partial charge in [-0.1, -0.05) is 13.0 Å². The molecule has 1 N–H and O–H groups in total. The lowest BCUT2D eigenvalue weighted by molar-refractivity contribution is 0.0698. The molecule has 18 heavy (non-hydrogen) atoms. The van der Waals surface area contributed by atoms with Crippen LogP contribution in [-0.4, -0.2) is 36.3 Å². The van der Waals surface area contributed by atoms with Gasteiger partial charge in [0.05, 0.1) is 22.9 Å². The van der Waals surface area contributed by atoms with Gasteiger partial charge in [-0.15, -0.1) is 0 Å². The number of aromatic carboxylic acids is 1. The van der Waals surface area contributed by atoms with Crippen molar-refractivity contribution in [2.75, 3.05) is 11.5 Å². The van der Waals surface area contributed by atoms with Crippen LogP contribution < -0.4 is 0 Å². The molecule has 0 amide bonds. The van der Waals surface area contributed by atoms with E-state index in [2.05, 4.69) is 4.98 Å². The van der Waals surface area contributed by atoms with Crippen molar-refractivity contribution in [2.45, 2.75) is 13.5 Å². The predicted molar refractivity (Wildman–Crippen MR) is 70.2 cm³/mol. The fourth-order valence-electron chi connectivity index (χ4n) is 1.81. The number of para-hydroxylation sites is 1. The van der Waals surface area contributed by atoms with Gasteiger partial charge < -0.3 is 9.67 Å². The summed E-state index contributed by atoms with van der Waals surface area (Å²) in [6.07, 6.45) is 1.60. The summed E-state index contributed by atoms with van der Waals surface area (Å²) in [6, 6.07) is 5.00. The first-order valence-electron chi connectivity index (χ1n) is 5.65. The molecule has 0 aliphatic heterocycles. The van der Waals surface area contributed by atoms with E-state index in [9.17, 15) is 9.00 Å². The Morgan fingerprint density at radius 3 is 2.94 bits per heavy atom. The van der Waals surface area contributed by atoms with Crippen LogP contribution in [0.3, 0.4) is 0 Å². The van der Waals surface area contributed by atoms with E-state index < -0.39 is 16.8 Å². The fraction of sp³-hybridized carbons (Fsp3) is 0.333. The molecule has 1 atom stereocenters. The summed E-state index contributed by atoms with van der Waals surface area (Å²) >= 11 is 0. The van der Waals surface area contributed by atoms with Crippen LogP contribution in [-0.2, 0) is 17.3 Å². The maximum absolute atomic E-state index is 11.4. The number of hydrogen-bond donors (Lipinski definition) is 1. The number of carbonyl (C=O) groups is 1. The van der Waals surface area contributed by atoms with E-state index in [1.54, 1.807) is 29.1 Å². The Morgan fingerprint density at radius 1 is 1.50 bits per heavy atom. The molecule has 1 aromatic carbocycles. The van der Waals surface area contributed by atoms with Gasteiger partial charge in [0, 0.05) is 28.9 Å². The van der Waals surface area contributed by atoms with E-state index in [0.29, 0.717) is 29.1 Å². The molecule has 0 fully saturated rings. The molecule has 2 aromatic rings. The molecule has 2 rings (SSSR count). The van der Waals surface area contributed by atoms with Gasteiger partial charge >= 0.3 is 5.97 Å². The summed E-state index contributed by atoms with van der Waals surface area (Å²) in [6.45, 7) is 2.38. The highest BCUT2D eigenvalue weighted by molar-refractivity contribution is 7.84. The number of aromatic nitrogens is 2. The molecule has 6 heteroatoms. The van der Waals surface area contributed by atoms with Crippen LogP contribution in [0, 0.1) is 0 Å². The van der Waals surface area contributed by atoms with Gasteiger partial charge in [0.25, 0.3) is 0 Å². The van der Waals surface area contributed by atoms with Crippen molar-refractivity contribution in [1.29, 1.82) is 0 Å². The molecule has 0 saturated heterocycles. The predicted octanol–water partition coefficient (Wildman–Crippen LogP) is 1.50. The Balaban J connectivity index is 2.39. The Labute approximate surface area is 107 Å². The zero-order valence-corrected chi connectivity index (χ0v) is 10.8. The SMILES string of the molecule is CCS(=O)CCn1cnc2cccc(C(=O)O)c21. The molecule has 1 unspecified atom stereocenters. The van der Waals surface area contributed by atoms with Crippen molar-refractivity contribution in [3.8, 4) is 0 Å². The second kappa shape index (κ2) is 5.30. The monoisotopic (exact) mass is 266 g/mol. The second-order valence-electron chi connectivity index (χ2n) is 3.85. The van der Waals surface area contributed by atoms with Crippen LogP contribution in [0.1, 0.15) is 17.3 Å². The minimum Gasteiger partial charge on any atom is -0.478 e. The number of rotatable bonds is 5. The molecular weight excluding hydrogens is 252 g/mol. The van der Waals surface area contributed by atoms with E-state index in [0.717, 1.165) is 0 Å². The lowest BCUT2D eigenvalue weighted by atomic mass is 10.2. The molecule has 0 radical (unpaired) electrons. The van der Waals surface area contributed by atoms with Gasteiger partial charge in [0.15, 0.2) is 0 Å². The maximum atomic E-state index is 11.4. The summed E-state index contributed by atoms with van der Waals surface area (Å²) in [5.41, 5.74) is 1.47. The smallest absolute Gasteiger partial charge is 0.337 e. The summed E-state index contributed by atoms with van der Waals surface area (Å²) in [4.78, 5) is 15.3. The van der Waals surface area contributed by atoms with E-state index in [1.807, 2.05) is 6.92 Å². The highest BCUT2D eigenvalue weighted by Crippen LogP contribution is 2.18. The molecule has 0 spiro atoms. The van der Waals surface area contributed by atoms with Gasteiger partial charge in [-0.05, 0) is 12.1 Å². The van der Waals surface area contributed by atoms with Crippen molar-refractivity contribution in [3.63, 3.8) is 0 Å². The van der Waals surface area contributed by atoms with Crippen molar-refractivity contribution in [2.24, 2.45) is 0 Å². The van der Waals surface area contributed by atoms with E-state index in [1.165, 1.54) is 0 Å². The summed E-state index contributed by atoms with van der Waals surface area (Å²) in [5.74, 6) is 0.146. The number of benzene rings is 1. The number of nitrogens with zero attached hydrogens (tertiary/aromatic N) is 2. The average molecular weight is 266 g/mol. The minimum atomic E-state index is -0.973. The Morgan fingerprint density at radius 2 is 2.28 bits per heavy atom. The molecule has 1 aromatic heterocycles. The standard InChI is InChI=1S/C12H14N2O3S/c1-2-18(17)7-6-14-8-13-10-5-3-4-9(11(10)14)12(15)16/h3-5,8H,2,6-7H2,1H3,(H,15,16). The van der Waals surface area contributed by atoms with Crippen LogP contribution in [0.4, 0.5) is 0 Å². The quantitative estimate of drug-likeness (QED) is 0.890. The first kappa shape index (κ1) is 12.8. The third kappa shape index (κ3) is 2.43. The molecule has 0 saturated carbocycles. The van der Waals surface area contributed by atoms with Gasteiger partial charge in [-0.3, -0.25) is 4.21 Å². The van der Waals surface area contributed by atoms with Crippen molar-refractivity contribution in [1.82, 2.24) is 9.55 Å². The first-order chi connectivity index (χ1) is 8.63. The number of carboxylic acid groups (broad SMARTS) is 1. The van der Waals surface area contributed by atoms with Crippen LogP contribution in [0.15, 0.2) is 24.5 Å². The van der Waals surface area contributed by atoms with Crippen molar-refractivity contribution >= 4 is 27.8 Å². The largest absolute Gasteiger partial charge is 0.478 e. The normalized spacial score (nSPS) is 12.7. The second-order valence-corrected chi connectivity index (χ2v) is 5.71. The number of hydrogen-bond acceptors (Lipinski definition) is 3. The van der Waals surface area contributed by atoms with E-state index in [4.69, 9.17) is 5.11 Å². The molecule has 0 bridgehead atoms. The number of fused-ring (bicyclic) bond motifs is 1. The molecule has 0 aliphatic carbocycles. The third-order valence-corrected chi connectivity index (χ3v) is 4.03. The lowest BCUT2D eigenvalue weighted by Crippen LogP contribution is -2.09. The van der Waals surface area contributed by atoms with Crippen LogP contribution >= 0.6 is 0 Å². The van der Waals surface area contributed by atoms with Crippen LogP contribution in [0.25, 0.3) is 11.0 Å². The molecule has 96 valence electrons.